The van der Waals surface area contributed by atoms with Crippen LogP contribution in [-0.4, -0.2) is 11.1 Å². The van der Waals surface area contributed by atoms with E-state index in [0.29, 0.717) is 16.8 Å². The van der Waals surface area contributed by atoms with Crippen molar-refractivity contribution in [1.29, 1.82) is 0 Å². The number of carbonyl (C=O) groups excluding carboxylic acids is 1. The van der Waals surface area contributed by atoms with Gasteiger partial charge in [-0.05, 0) is 29.8 Å². The molecule has 0 radical (unpaired) electrons. The molecule has 1 heterocycles. The van der Waals surface area contributed by atoms with Gasteiger partial charge in [0.2, 0.25) is 5.91 Å². The van der Waals surface area contributed by atoms with E-state index in [2.05, 4.69) is 10.5 Å². The Balaban J connectivity index is 1.64. The largest absolute Gasteiger partial charge is 0.356 e. The van der Waals surface area contributed by atoms with Crippen molar-refractivity contribution < 1.29 is 13.7 Å². The van der Waals surface area contributed by atoms with Gasteiger partial charge in [0.15, 0.2) is 5.58 Å². The normalized spacial score (nSPS) is 10.7. The summed E-state index contributed by atoms with van der Waals surface area (Å²) in [6.45, 7) is 0.284. The molecule has 5 heteroatoms. The molecule has 0 saturated carbocycles. The first-order valence-electron chi connectivity index (χ1n) is 6.57. The maximum atomic E-state index is 13.0. The Morgan fingerprint density at radius 1 is 1.19 bits per heavy atom. The molecular formula is C16H13FN2O2. The van der Waals surface area contributed by atoms with E-state index in [1.54, 1.807) is 18.2 Å². The van der Waals surface area contributed by atoms with Crippen LogP contribution in [0.15, 0.2) is 53.1 Å². The molecule has 0 aliphatic carbocycles. The Morgan fingerprint density at radius 3 is 2.90 bits per heavy atom. The van der Waals surface area contributed by atoms with Gasteiger partial charge >= 0.3 is 0 Å². The van der Waals surface area contributed by atoms with Gasteiger partial charge in [-0.2, -0.15) is 0 Å². The lowest BCUT2D eigenvalue weighted by Gasteiger charge is -2.04. The molecule has 1 N–H and O–H groups in total. The van der Waals surface area contributed by atoms with Crippen molar-refractivity contribution in [1.82, 2.24) is 10.5 Å². The molecule has 0 spiro atoms. The van der Waals surface area contributed by atoms with Gasteiger partial charge in [0.05, 0.1) is 6.42 Å². The third-order valence-electron chi connectivity index (χ3n) is 3.16. The molecule has 0 unspecified atom stereocenters. The molecule has 0 saturated heterocycles. The average Bonchev–Trinajstić information content (AvgIpc) is 2.89. The zero-order valence-electron chi connectivity index (χ0n) is 11.2. The Labute approximate surface area is 120 Å². The minimum Gasteiger partial charge on any atom is -0.356 e. The van der Waals surface area contributed by atoms with Gasteiger partial charge in [0.25, 0.3) is 0 Å². The highest BCUT2D eigenvalue weighted by Gasteiger charge is 2.11. The van der Waals surface area contributed by atoms with E-state index in [0.717, 1.165) is 5.39 Å². The number of nitrogens with one attached hydrogen (secondary N) is 1. The summed E-state index contributed by atoms with van der Waals surface area (Å²) in [4.78, 5) is 11.9. The van der Waals surface area contributed by atoms with E-state index in [4.69, 9.17) is 4.52 Å². The summed E-state index contributed by atoms with van der Waals surface area (Å²) in [5.41, 5.74) is 1.97. The molecule has 3 rings (SSSR count). The van der Waals surface area contributed by atoms with Gasteiger partial charge in [-0.25, -0.2) is 4.39 Å². The Kier molecular flexibility index (Phi) is 3.64. The van der Waals surface area contributed by atoms with E-state index in [1.807, 2.05) is 18.2 Å². The highest BCUT2D eigenvalue weighted by atomic mass is 19.1. The van der Waals surface area contributed by atoms with E-state index in [-0.39, 0.29) is 24.7 Å². The number of fused-ring (bicyclic) bond motifs is 1. The second-order valence-corrected chi connectivity index (χ2v) is 4.71. The van der Waals surface area contributed by atoms with Gasteiger partial charge in [-0.15, -0.1) is 0 Å². The van der Waals surface area contributed by atoms with Crippen LogP contribution in [0, 0.1) is 5.82 Å². The zero-order valence-corrected chi connectivity index (χ0v) is 11.2. The Morgan fingerprint density at radius 2 is 2.05 bits per heavy atom. The molecule has 1 aromatic heterocycles. The number of aromatic nitrogens is 1. The van der Waals surface area contributed by atoms with Crippen molar-refractivity contribution in [2.24, 2.45) is 0 Å². The fourth-order valence-electron chi connectivity index (χ4n) is 2.13. The predicted octanol–water partition coefficient (Wildman–Crippen LogP) is 2.83. The standard InChI is InChI=1S/C16H13FN2O2/c17-12-5-3-4-11(8-12)10-18-16(20)9-14-13-6-1-2-7-15(13)21-19-14/h1-8H,9-10H2,(H,18,20). The van der Waals surface area contributed by atoms with Gasteiger partial charge in [0, 0.05) is 11.9 Å². The van der Waals surface area contributed by atoms with Crippen LogP contribution in [0.5, 0.6) is 0 Å². The smallest absolute Gasteiger partial charge is 0.226 e. The van der Waals surface area contributed by atoms with Crippen molar-refractivity contribution in [3.05, 3.63) is 65.6 Å². The number of rotatable bonds is 4. The first-order chi connectivity index (χ1) is 10.2. The van der Waals surface area contributed by atoms with Crippen LogP contribution in [0.2, 0.25) is 0 Å². The van der Waals surface area contributed by atoms with Crippen LogP contribution in [0.4, 0.5) is 4.39 Å². The molecule has 0 atom stereocenters. The highest BCUT2D eigenvalue weighted by Crippen LogP contribution is 2.18. The van der Waals surface area contributed by atoms with Gasteiger partial charge in [0.1, 0.15) is 11.5 Å². The lowest BCUT2D eigenvalue weighted by Crippen LogP contribution is -2.24. The molecule has 1 amide bonds. The summed E-state index contributed by atoms with van der Waals surface area (Å²) in [5, 5.41) is 7.48. The molecule has 21 heavy (non-hydrogen) atoms. The summed E-state index contributed by atoms with van der Waals surface area (Å²) in [6.07, 6.45) is 0.131. The molecule has 3 aromatic rings. The topological polar surface area (TPSA) is 55.1 Å². The Hall–Kier alpha value is -2.69. The number of amides is 1. The lowest BCUT2D eigenvalue weighted by atomic mass is 10.1. The van der Waals surface area contributed by atoms with E-state index < -0.39 is 0 Å². The van der Waals surface area contributed by atoms with E-state index in [1.165, 1.54) is 12.1 Å². The summed E-state index contributed by atoms with van der Waals surface area (Å²) >= 11 is 0. The van der Waals surface area contributed by atoms with E-state index >= 15 is 0 Å². The molecule has 0 aliphatic heterocycles. The third-order valence-corrected chi connectivity index (χ3v) is 3.16. The molecule has 2 aromatic carbocycles. The fraction of sp³-hybridized carbons (Fsp3) is 0.125. The van der Waals surface area contributed by atoms with Gasteiger partial charge in [-0.3, -0.25) is 4.79 Å². The zero-order chi connectivity index (χ0) is 14.7. The fourth-order valence-corrected chi connectivity index (χ4v) is 2.13. The van der Waals surface area contributed by atoms with Crippen molar-refractivity contribution in [2.45, 2.75) is 13.0 Å². The minimum absolute atomic E-state index is 0.131. The summed E-state index contributed by atoms with van der Waals surface area (Å²) < 4.78 is 18.2. The van der Waals surface area contributed by atoms with Crippen molar-refractivity contribution in [2.75, 3.05) is 0 Å². The monoisotopic (exact) mass is 284 g/mol. The number of carbonyl (C=O) groups is 1. The number of nitrogens with zero attached hydrogens (tertiary/aromatic N) is 1. The van der Waals surface area contributed by atoms with Crippen molar-refractivity contribution in [3.8, 4) is 0 Å². The molecule has 0 bridgehead atoms. The molecular weight excluding hydrogens is 271 g/mol. The first kappa shape index (κ1) is 13.3. The first-order valence-corrected chi connectivity index (χ1v) is 6.57. The van der Waals surface area contributed by atoms with Crippen LogP contribution in [-0.2, 0) is 17.8 Å². The highest BCUT2D eigenvalue weighted by molar-refractivity contribution is 5.86. The quantitative estimate of drug-likeness (QED) is 0.801. The van der Waals surface area contributed by atoms with Crippen LogP contribution >= 0.6 is 0 Å². The maximum Gasteiger partial charge on any atom is 0.226 e. The number of para-hydroxylation sites is 1. The SMILES string of the molecule is O=C(Cc1noc2ccccc12)NCc1cccc(F)c1. The van der Waals surface area contributed by atoms with Crippen LogP contribution in [0.1, 0.15) is 11.3 Å². The molecule has 106 valence electrons. The van der Waals surface area contributed by atoms with Crippen molar-refractivity contribution in [3.63, 3.8) is 0 Å². The van der Waals surface area contributed by atoms with Crippen LogP contribution in [0.25, 0.3) is 11.0 Å². The van der Waals surface area contributed by atoms with Crippen LogP contribution in [0.3, 0.4) is 0 Å². The third kappa shape index (κ3) is 3.08. The second kappa shape index (κ2) is 5.75. The molecule has 4 nitrogen and oxygen atoms in total. The van der Waals surface area contributed by atoms with Crippen LogP contribution < -0.4 is 5.32 Å². The average molecular weight is 284 g/mol. The van der Waals surface area contributed by atoms with Gasteiger partial charge in [-0.1, -0.05) is 29.4 Å². The van der Waals surface area contributed by atoms with Gasteiger partial charge < -0.3 is 9.84 Å². The predicted molar refractivity (Wildman–Crippen MR) is 76.0 cm³/mol. The van der Waals surface area contributed by atoms with E-state index in [9.17, 15) is 9.18 Å². The Bertz CT molecular complexity index is 783. The summed E-state index contributed by atoms with van der Waals surface area (Å²) in [7, 11) is 0. The number of benzene rings is 2. The molecule has 0 aliphatic rings. The number of hydrogen-bond acceptors (Lipinski definition) is 3. The van der Waals surface area contributed by atoms with Crippen molar-refractivity contribution >= 4 is 16.9 Å². The summed E-state index contributed by atoms with van der Waals surface area (Å²) in [5.74, 6) is -0.498. The maximum absolute atomic E-state index is 13.0. The molecule has 0 fully saturated rings. The number of hydrogen-bond donors (Lipinski definition) is 1. The second-order valence-electron chi connectivity index (χ2n) is 4.71. The number of halogens is 1. The minimum atomic E-state index is -0.316. The lowest BCUT2D eigenvalue weighted by molar-refractivity contribution is -0.120. The summed E-state index contributed by atoms with van der Waals surface area (Å²) in [6, 6.07) is 13.5.